The molecule has 1 aromatic carbocycles. The number of rotatable bonds is 2. The van der Waals surface area contributed by atoms with Gasteiger partial charge < -0.3 is 5.32 Å². The number of aryl methyl sites for hydroxylation is 1. The van der Waals surface area contributed by atoms with E-state index in [9.17, 15) is 4.39 Å². The molecule has 2 saturated carbocycles. The van der Waals surface area contributed by atoms with Crippen LogP contribution in [-0.4, -0.2) is 18.0 Å². The van der Waals surface area contributed by atoms with Crippen molar-refractivity contribution < 1.29 is 4.39 Å². The third-order valence-electron chi connectivity index (χ3n) is 8.71. The van der Waals surface area contributed by atoms with Crippen molar-refractivity contribution in [2.75, 3.05) is 6.54 Å². The fourth-order valence-electron chi connectivity index (χ4n) is 6.68. The van der Waals surface area contributed by atoms with Crippen molar-refractivity contribution in [2.45, 2.75) is 52.0 Å². The minimum Gasteiger partial charge on any atom is -0.305 e. The van der Waals surface area contributed by atoms with E-state index in [1.807, 2.05) is 12.3 Å². The second-order valence-corrected chi connectivity index (χ2v) is 10.6. The highest BCUT2D eigenvalue weighted by molar-refractivity contribution is 6.00. The van der Waals surface area contributed by atoms with Crippen LogP contribution in [0.25, 0.3) is 0 Å². The zero-order valence-electron chi connectivity index (χ0n) is 19.0. The van der Waals surface area contributed by atoms with Crippen molar-refractivity contribution in [3.63, 3.8) is 0 Å². The predicted molar refractivity (Wildman–Crippen MR) is 129 cm³/mol. The van der Waals surface area contributed by atoms with Crippen molar-refractivity contribution in [2.24, 2.45) is 39.1 Å². The largest absolute Gasteiger partial charge is 0.305 e. The van der Waals surface area contributed by atoms with Crippen LogP contribution in [0.1, 0.15) is 56.2 Å². The molecule has 32 heavy (non-hydrogen) atoms. The zero-order valence-corrected chi connectivity index (χ0v) is 19.0. The molecule has 0 aromatic heterocycles. The van der Waals surface area contributed by atoms with E-state index in [1.54, 1.807) is 6.08 Å². The van der Waals surface area contributed by atoms with E-state index in [0.717, 1.165) is 17.9 Å². The topological polar surface area (TPSA) is 36.8 Å². The molecule has 4 heteroatoms. The van der Waals surface area contributed by atoms with Gasteiger partial charge >= 0.3 is 0 Å². The minimum absolute atomic E-state index is 0.107. The van der Waals surface area contributed by atoms with Crippen LogP contribution in [0.15, 0.2) is 64.5 Å². The molecule has 1 spiro atoms. The van der Waals surface area contributed by atoms with Crippen molar-refractivity contribution in [3.8, 4) is 0 Å². The maximum absolute atomic E-state index is 13.9. The number of nitrogens with zero attached hydrogens (tertiary/aromatic N) is 2. The highest BCUT2D eigenvalue weighted by atomic mass is 19.1. The Morgan fingerprint density at radius 2 is 2.00 bits per heavy atom. The first-order valence-electron chi connectivity index (χ1n) is 12.2. The van der Waals surface area contributed by atoms with Gasteiger partial charge in [-0.2, -0.15) is 0 Å². The lowest BCUT2D eigenvalue weighted by molar-refractivity contribution is 0.198. The number of halogens is 1. The van der Waals surface area contributed by atoms with E-state index < -0.39 is 0 Å². The van der Waals surface area contributed by atoms with Gasteiger partial charge in [0.15, 0.2) is 0 Å². The molecule has 0 amide bonds. The first-order chi connectivity index (χ1) is 15.5. The molecule has 2 fully saturated rings. The number of fused-ring (bicyclic) bond motifs is 2. The molecule has 3 aliphatic carbocycles. The third kappa shape index (κ3) is 3.44. The molecule has 4 atom stereocenters. The summed E-state index contributed by atoms with van der Waals surface area (Å²) in [5, 5.41) is 3.72. The molecular formula is C28H32FN3. The maximum atomic E-state index is 13.9. The summed E-state index contributed by atoms with van der Waals surface area (Å²) in [6, 6.07) is 6.99. The van der Waals surface area contributed by atoms with Crippen LogP contribution >= 0.6 is 0 Å². The number of hydrogen-bond acceptors (Lipinski definition) is 3. The highest BCUT2D eigenvalue weighted by Gasteiger charge is 2.57. The van der Waals surface area contributed by atoms with Crippen LogP contribution in [0.4, 0.5) is 10.1 Å². The van der Waals surface area contributed by atoms with Crippen LogP contribution in [0.3, 0.4) is 0 Å². The Bertz CT molecular complexity index is 1080. The molecule has 166 valence electrons. The van der Waals surface area contributed by atoms with E-state index in [-0.39, 0.29) is 11.7 Å². The van der Waals surface area contributed by atoms with Gasteiger partial charge in [0, 0.05) is 42.0 Å². The van der Waals surface area contributed by atoms with Gasteiger partial charge in [-0.15, -0.1) is 0 Å². The first kappa shape index (κ1) is 20.3. The van der Waals surface area contributed by atoms with Gasteiger partial charge in [-0.1, -0.05) is 23.8 Å². The van der Waals surface area contributed by atoms with Crippen LogP contribution in [0.5, 0.6) is 0 Å². The quantitative estimate of drug-likeness (QED) is 0.568. The van der Waals surface area contributed by atoms with Gasteiger partial charge in [0.05, 0.1) is 5.69 Å². The van der Waals surface area contributed by atoms with Crippen molar-refractivity contribution >= 4 is 17.1 Å². The molecule has 4 unspecified atom stereocenters. The van der Waals surface area contributed by atoms with Gasteiger partial charge in [0.25, 0.3) is 0 Å². The molecule has 5 aliphatic rings. The van der Waals surface area contributed by atoms with E-state index >= 15 is 0 Å². The van der Waals surface area contributed by atoms with E-state index in [4.69, 9.17) is 4.99 Å². The summed E-state index contributed by atoms with van der Waals surface area (Å²) in [5.41, 5.74) is 6.58. The summed E-state index contributed by atoms with van der Waals surface area (Å²) in [4.78, 5) is 9.68. The predicted octanol–water partition coefficient (Wildman–Crippen LogP) is 6.55. The fourth-order valence-corrected chi connectivity index (χ4v) is 6.68. The minimum atomic E-state index is -0.118. The number of benzene rings is 1. The Morgan fingerprint density at radius 3 is 2.84 bits per heavy atom. The van der Waals surface area contributed by atoms with Crippen molar-refractivity contribution in [1.82, 2.24) is 5.32 Å². The first-order valence-corrected chi connectivity index (χ1v) is 12.2. The SMILES string of the molecule is Cc1ccc2c(c1)C(C)NCC(C1CC13CCC(C1C=CN=C4C=CC(F)=CC41)CC3)=N2. The van der Waals surface area contributed by atoms with Gasteiger partial charge in [-0.05, 0) is 93.1 Å². The van der Waals surface area contributed by atoms with Crippen molar-refractivity contribution in [1.29, 1.82) is 0 Å². The number of hydrogen-bond donors (Lipinski definition) is 1. The Labute approximate surface area is 190 Å². The van der Waals surface area contributed by atoms with Crippen LogP contribution in [0.2, 0.25) is 0 Å². The van der Waals surface area contributed by atoms with Crippen molar-refractivity contribution in [3.05, 3.63) is 65.7 Å². The molecule has 2 heterocycles. The van der Waals surface area contributed by atoms with Gasteiger partial charge in [0.1, 0.15) is 5.83 Å². The second-order valence-electron chi connectivity index (χ2n) is 10.6. The lowest BCUT2D eigenvalue weighted by atomic mass is 9.67. The van der Waals surface area contributed by atoms with Gasteiger partial charge in [0.2, 0.25) is 0 Å². The summed E-state index contributed by atoms with van der Waals surface area (Å²) in [7, 11) is 0. The molecule has 1 aromatic rings. The van der Waals surface area contributed by atoms with Gasteiger partial charge in [-0.25, -0.2) is 4.39 Å². The molecule has 0 bridgehead atoms. The Balaban J connectivity index is 1.16. The Hall–Kier alpha value is -2.33. The molecule has 6 rings (SSSR count). The van der Waals surface area contributed by atoms with Crippen LogP contribution < -0.4 is 5.32 Å². The normalized spacial score (nSPS) is 37.7. The highest BCUT2D eigenvalue weighted by Crippen LogP contribution is 2.64. The third-order valence-corrected chi connectivity index (χ3v) is 8.71. The average Bonchev–Trinajstić information content (AvgIpc) is 3.52. The Morgan fingerprint density at radius 1 is 1.16 bits per heavy atom. The lowest BCUT2D eigenvalue weighted by Crippen LogP contribution is -2.33. The standard InChI is InChI=1S/C28H32FN3/c1-17-3-5-26-22(13-17)18(2)31-16-27(32-26)24-15-28(24)10-7-19(8-11-28)21-9-12-30-25-6-4-20(29)14-23(21)25/h3-6,9,12-14,18-19,21,23-24,31H,7-8,10-11,15-16H2,1-2H3. The molecule has 1 N–H and O–H groups in total. The Kier molecular flexibility index (Phi) is 4.83. The van der Waals surface area contributed by atoms with Crippen LogP contribution in [-0.2, 0) is 0 Å². The molecule has 2 aliphatic heterocycles. The molecule has 0 radical (unpaired) electrons. The second kappa shape index (κ2) is 7.62. The summed E-state index contributed by atoms with van der Waals surface area (Å²) < 4.78 is 13.9. The summed E-state index contributed by atoms with van der Waals surface area (Å²) >= 11 is 0. The maximum Gasteiger partial charge on any atom is 0.119 e. The summed E-state index contributed by atoms with van der Waals surface area (Å²) in [6.45, 7) is 5.30. The van der Waals surface area contributed by atoms with Crippen LogP contribution in [0, 0.1) is 36.0 Å². The lowest BCUT2D eigenvalue weighted by Gasteiger charge is -2.38. The summed E-state index contributed by atoms with van der Waals surface area (Å²) in [6.07, 6.45) is 15.6. The monoisotopic (exact) mass is 429 g/mol. The van der Waals surface area contributed by atoms with E-state index in [2.05, 4.69) is 48.4 Å². The van der Waals surface area contributed by atoms with E-state index in [0.29, 0.717) is 29.2 Å². The molecule has 3 nitrogen and oxygen atoms in total. The number of aliphatic imine (C=N–C) groups is 2. The smallest absolute Gasteiger partial charge is 0.119 e. The average molecular weight is 430 g/mol. The number of nitrogens with one attached hydrogen (secondary N) is 1. The molecule has 0 saturated heterocycles. The van der Waals surface area contributed by atoms with E-state index in [1.165, 1.54) is 55.0 Å². The fraction of sp³-hybridized carbons (Fsp3) is 0.500. The summed E-state index contributed by atoms with van der Waals surface area (Å²) in [5.74, 6) is 1.59. The molecular weight excluding hydrogens is 397 g/mol. The number of allylic oxidation sites excluding steroid dienone is 5. The van der Waals surface area contributed by atoms with Gasteiger partial charge in [-0.3, -0.25) is 9.98 Å². The zero-order chi connectivity index (χ0) is 21.9.